The SMILES string of the molecule is COc1ccc(S(N)(=O)=O)cc1CC(=O)N1CCC(C)C1. The Morgan fingerprint density at radius 2 is 2.19 bits per heavy atom. The van der Waals surface area contributed by atoms with Crippen LogP contribution in [-0.2, 0) is 21.2 Å². The maximum atomic E-state index is 12.3. The Kier molecular flexibility index (Phi) is 4.53. The fourth-order valence-electron chi connectivity index (χ4n) is 2.51. The van der Waals surface area contributed by atoms with E-state index in [4.69, 9.17) is 9.88 Å². The summed E-state index contributed by atoms with van der Waals surface area (Å²) in [5.41, 5.74) is 0.536. The molecule has 1 unspecified atom stereocenters. The number of likely N-dealkylation sites (tertiary alicyclic amines) is 1. The highest BCUT2D eigenvalue weighted by molar-refractivity contribution is 7.89. The van der Waals surface area contributed by atoms with Crippen LogP contribution < -0.4 is 9.88 Å². The van der Waals surface area contributed by atoms with Crippen LogP contribution in [0.2, 0.25) is 0 Å². The fourth-order valence-corrected chi connectivity index (χ4v) is 3.07. The van der Waals surface area contributed by atoms with Crippen molar-refractivity contribution in [1.29, 1.82) is 0 Å². The van der Waals surface area contributed by atoms with E-state index in [2.05, 4.69) is 6.92 Å². The van der Waals surface area contributed by atoms with E-state index in [9.17, 15) is 13.2 Å². The third kappa shape index (κ3) is 3.74. The Balaban J connectivity index is 2.23. The van der Waals surface area contributed by atoms with Gasteiger partial charge in [-0.15, -0.1) is 0 Å². The first-order valence-corrected chi connectivity index (χ1v) is 8.33. The van der Waals surface area contributed by atoms with Crippen LogP contribution in [0.1, 0.15) is 18.9 Å². The minimum absolute atomic E-state index is 0.0131. The van der Waals surface area contributed by atoms with Crippen molar-refractivity contribution >= 4 is 15.9 Å². The molecule has 21 heavy (non-hydrogen) atoms. The van der Waals surface area contributed by atoms with Gasteiger partial charge in [0.05, 0.1) is 18.4 Å². The third-order valence-corrected chi connectivity index (χ3v) is 4.61. The average Bonchev–Trinajstić information content (AvgIpc) is 2.84. The zero-order valence-corrected chi connectivity index (χ0v) is 13.0. The van der Waals surface area contributed by atoms with Gasteiger partial charge in [0.15, 0.2) is 0 Å². The molecule has 0 saturated carbocycles. The van der Waals surface area contributed by atoms with Crippen LogP contribution >= 0.6 is 0 Å². The summed E-state index contributed by atoms with van der Waals surface area (Å²) in [6.45, 7) is 3.60. The number of carbonyl (C=O) groups is 1. The molecule has 0 aliphatic carbocycles. The van der Waals surface area contributed by atoms with Crippen molar-refractivity contribution in [3.63, 3.8) is 0 Å². The molecule has 0 aromatic heterocycles. The minimum Gasteiger partial charge on any atom is -0.496 e. The molecule has 1 atom stereocenters. The minimum atomic E-state index is -3.79. The number of hydrogen-bond acceptors (Lipinski definition) is 4. The summed E-state index contributed by atoms with van der Waals surface area (Å²) in [6.07, 6.45) is 1.11. The van der Waals surface area contributed by atoms with Crippen molar-refractivity contribution in [1.82, 2.24) is 4.90 Å². The second-order valence-electron chi connectivity index (χ2n) is 5.43. The van der Waals surface area contributed by atoms with E-state index in [1.807, 2.05) is 0 Å². The third-order valence-electron chi connectivity index (χ3n) is 3.70. The molecule has 2 rings (SSSR count). The maximum absolute atomic E-state index is 12.3. The number of sulfonamides is 1. The number of nitrogens with zero attached hydrogens (tertiary/aromatic N) is 1. The summed E-state index contributed by atoms with van der Waals surface area (Å²) in [5.74, 6) is 0.971. The molecule has 1 amide bonds. The first kappa shape index (κ1) is 15.8. The van der Waals surface area contributed by atoms with Gasteiger partial charge in [0.2, 0.25) is 15.9 Å². The lowest BCUT2D eigenvalue weighted by Crippen LogP contribution is -2.30. The molecule has 0 bridgehead atoms. The molecule has 2 N–H and O–H groups in total. The lowest BCUT2D eigenvalue weighted by atomic mass is 10.1. The highest BCUT2D eigenvalue weighted by Gasteiger charge is 2.24. The zero-order valence-electron chi connectivity index (χ0n) is 12.2. The first-order chi connectivity index (χ1) is 9.81. The summed E-state index contributed by atoms with van der Waals surface area (Å²) in [6, 6.07) is 4.31. The number of benzene rings is 1. The van der Waals surface area contributed by atoms with E-state index in [0.717, 1.165) is 19.5 Å². The Bertz CT molecular complexity index is 642. The zero-order chi connectivity index (χ0) is 15.6. The molecule has 0 radical (unpaired) electrons. The molecule has 1 aliphatic heterocycles. The van der Waals surface area contributed by atoms with E-state index in [0.29, 0.717) is 17.2 Å². The Hall–Kier alpha value is -1.60. The summed E-state index contributed by atoms with van der Waals surface area (Å²) in [5, 5.41) is 5.12. The molecule has 1 fully saturated rings. The molecule has 7 heteroatoms. The fraction of sp³-hybridized carbons (Fsp3) is 0.500. The number of rotatable bonds is 4. The molecule has 1 aliphatic rings. The smallest absolute Gasteiger partial charge is 0.238 e. The van der Waals surface area contributed by atoms with Gasteiger partial charge in [-0.2, -0.15) is 0 Å². The maximum Gasteiger partial charge on any atom is 0.238 e. The van der Waals surface area contributed by atoms with Crippen LogP contribution in [0.5, 0.6) is 5.75 Å². The van der Waals surface area contributed by atoms with Crippen LogP contribution in [-0.4, -0.2) is 39.4 Å². The van der Waals surface area contributed by atoms with Gasteiger partial charge >= 0.3 is 0 Å². The first-order valence-electron chi connectivity index (χ1n) is 6.78. The summed E-state index contributed by atoms with van der Waals surface area (Å²) in [4.78, 5) is 14.1. The van der Waals surface area contributed by atoms with Crippen LogP contribution in [0.4, 0.5) is 0 Å². The Labute approximate surface area is 124 Å². The molecule has 6 nitrogen and oxygen atoms in total. The largest absolute Gasteiger partial charge is 0.496 e. The van der Waals surface area contributed by atoms with Crippen molar-refractivity contribution in [2.24, 2.45) is 11.1 Å². The Morgan fingerprint density at radius 1 is 1.48 bits per heavy atom. The van der Waals surface area contributed by atoms with Gasteiger partial charge in [0, 0.05) is 18.7 Å². The van der Waals surface area contributed by atoms with Gasteiger partial charge in [0.25, 0.3) is 0 Å². The topological polar surface area (TPSA) is 89.7 Å². The van der Waals surface area contributed by atoms with Crippen LogP contribution in [0, 0.1) is 5.92 Å². The lowest BCUT2D eigenvalue weighted by molar-refractivity contribution is -0.129. The second-order valence-corrected chi connectivity index (χ2v) is 6.99. The van der Waals surface area contributed by atoms with Gasteiger partial charge in [-0.1, -0.05) is 6.92 Å². The lowest BCUT2D eigenvalue weighted by Gasteiger charge is -2.17. The number of carbonyl (C=O) groups excluding carboxylic acids is 1. The van der Waals surface area contributed by atoms with Gasteiger partial charge in [0.1, 0.15) is 5.75 Å². The molecular formula is C14H20N2O4S. The van der Waals surface area contributed by atoms with Gasteiger partial charge in [-0.3, -0.25) is 4.79 Å². The summed E-state index contributed by atoms with van der Waals surface area (Å²) >= 11 is 0. The molecule has 1 aromatic rings. The molecule has 1 aromatic carbocycles. The molecule has 1 saturated heterocycles. The number of nitrogens with two attached hydrogens (primary N) is 1. The summed E-state index contributed by atoms with van der Waals surface area (Å²) in [7, 11) is -2.31. The van der Waals surface area contributed by atoms with Crippen molar-refractivity contribution in [2.75, 3.05) is 20.2 Å². The summed E-state index contributed by atoms with van der Waals surface area (Å²) < 4.78 is 28.0. The predicted octanol–water partition coefficient (Wildman–Crippen LogP) is 0.753. The van der Waals surface area contributed by atoms with Crippen molar-refractivity contribution in [3.8, 4) is 5.75 Å². The van der Waals surface area contributed by atoms with Crippen LogP contribution in [0.3, 0.4) is 0 Å². The quantitative estimate of drug-likeness (QED) is 0.888. The number of methoxy groups -OCH3 is 1. The number of primary sulfonamides is 1. The predicted molar refractivity (Wildman–Crippen MR) is 78.4 cm³/mol. The van der Waals surface area contributed by atoms with Gasteiger partial charge in [-0.05, 0) is 30.5 Å². The highest BCUT2D eigenvalue weighted by atomic mass is 32.2. The van der Waals surface area contributed by atoms with E-state index in [1.165, 1.54) is 25.3 Å². The van der Waals surface area contributed by atoms with E-state index >= 15 is 0 Å². The van der Waals surface area contributed by atoms with Crippen LogP contribution in [0.15, 0.2) is 23.1 Å². The molecule has 116 valence electrons. The number of amides is 1. The monoisotopic (exact) mass is 312 g/mol. The van der Waals surface area contributed by atoms with Crippen molar-refractivity contribution < 1.29 is 17.9 Å². The normalized spacial score (nSPS) is 18.8. The molecular weight excluding hydrogens is 292 g/mol. The van der Waals surface area contributed by atoms with Gasteiger partial charge in [-0.25, -0.2) is 13.6 Å². The standard InChI is InChI=1S/C14H20N2O4S/c1-10-5-6-16(9-10)14(17)8-11-7-12(21(15,18)19)3-4-13(11)20-2/h3-4,7,10H,5-6,8-9H2,1-2H3,(H2,15,18,19). The highest BCUT2D eigenvalue weighted by Crippen LogP contribution is 2.24. The number of ether oxygens (including phenoxy) is 1. The van der Waals surface area contributed by atoms with E-state index in [1.54, 1.807) is 4.90 Å². The molecule has 1 heterocycles. The molecule has 0 spiro atoms. The van der Waals surface area contributed by atoms with E-state index in [-0.39, 0.29) is 17.2 Å². The second kappa shape index (κ2) is 6.03. The average molecular weight is 312 g/mol. The van der Waals surface area contributed by atoms with E-state index < -0.39 is 10.0 Å². The van der Waals surface area contributed by atoms with Crippen molar-refractivity contribution in [3.05, 3.63) is 23.8 Å². The van der Waals surface area contributed by atoms with Crippen molar-refractivity contribution in [2.45, 2.75) is 24.7 Å². The van der Waals surface area contributed by atoms with Crippen LogP contribution in [0.25, 0.3) is 0 Å². The van der Waals surface area contributed by atoms with Gasteiger partial charge < -0.3 is 9.64 Å². The Morgan fingerprint density at radius 3 is 2.71 bits per heavy atom. The number of hydrogen-bond donors (Lipinski definition) is 1.